The van der Waals surface area contributed by atoms with Crippen molar-refractivity contribution in [3.8, 4) is 0 Å². The van der Waals surface area contributed by atoms with E-state index in [0.717, 1.165) is 23.8 Å². The zero-order chi connectivity index (χ0) is 10.7. The van der Waals surface area contributed by atoms with Crippen LogP contribution in [0.3, 0.4) is 0 Å². The van der Waals surface area contributed by atoms with Crippen molar-refractivity contribution in [2.75, 3.05) is 18.1 Å². The van der Waals surface area contributed by atoms with Gasteiger partial charge in [0, 0.05) is 17.6 Å². The number of rotatable bonds is 3. The lowest BCUT2D eigenvalue weighted by Crippen LogP contribution is -2.30. The molecule has 84 valence electrons. The largest absolute Gasteiger partial charge is 0.330 e. The van der Waals surface area contributed by atoms with Crippen molar-refractivity contribution in [1.29, 1.82) is 0 Å². The zero-order valence-corrected chi connectivity index (χ0v) is 9.94. The van der Waals surface area contributed by atoms with E-state index < -0.39 is 0 Å². The first kappa shape index (κ1) is 11.0. The molecule has 0 spiro atoms. The zero-order valence-electron chi connectivity index (χ0n) is 9.12. The molecule has 0 saturated carbocycles. The molecule has 5 heteroatoms. The Bertz CT molecular complexity index is 317. The minimum absolute atomic E-state index is 0.159. The van der Waals surface area contributed by atoms with E-state index in [1.54, 1.807) is 0 Å². The van der Waals surface area contributed by atoms with Crippen LogP contribution in [0.4, 0.5) is 0 Å². The van der Waals surface area contributed by atoms with E-state index in [9.17, 15) is 0 Å². The number of aromatic amines is 1. The van der Waals surface area contributed by atoms with Crippen LogP contribution >= 0.6 is 11.8 Å². The lowest BCUT2D eigenvalue weighted by atomic mass is 9.86. The smallest absolute Gasteiger partial charge is 0.157 e. The van der Waals surface area contributed by atoms with Crippen molar-refractivity contribution in [3.63, 3.8) is 0 Å². The Morgan fingerprint density at radius 2 is 2.47 bits per heavy atom. The van der Waals surface area contributed by atoms with E-state index in [1.165, 1.54) is 18.6 Å². The minimum Gasteiger partial charge on any atom is -0.330 e. The normalized spacial score (nSPS) is 26.8. The fourth-order valence-electron chi connectivity index (χ4n) is 1.92. The number of hydrogen-bond acceptors (Lipinski definition) is 4. The van der Waals surface area contributed by atoms with Crippen molar-refractivity contribution in [2.24, 2.45) is 5.73 Å². The second kappa shape index (κ2) is 4.53. The predicted octanol–water partition coefficient (Wildman–Crippen LogP) is 1.09. The summed E-state index contributed by atoms with van der Waals surface area (Å²) in [5, 5.41) is 7.30. The summed E-state index contributed by atoms with van der Waals surface area (Å²) < 4.78 is 0. The van der Waals surface area contributed by atoms with Crippen LogP contribution in [0.1, 0.15) is 31.4 Å². The molecule has 1 unspecified atom stereocenters. The Balaban J connectivity index is 2.12. The average Bonchev–Trinajstić information content (AvgIpc) is 2.69. The lowest BCUT2D eigenvalue weighted by Gasteiger charge is -2.30. The Kier molecular flexibility index (Phi) is 3.31. The number of nitrogens with two attached hydrogens (primary N) is 1. The second-order valence-electron chi connectivity index (χ2n) is 4.36. The minimum atomic E-state index is 0.159. The number of nitrogens with zero attached hydrogens (tertiary/aromatic N) is 2. The van der Waals surface area contributed by atoms with E-state index in [0.29, 0.717) is 6.54 Å². The molecule has 0 bridgehead atoms. The Labute approximate surface area is 94.4 Å². The van der Waals surface area contributed by atoms with Gasteiger partial charge in [-0.1, -0.05) is 6.92 Å². The van der Waals surface area contributed by atoms with Crippen LogP contribution in [0.2, 0.25) is 0 Å². The third kappa shape index (κ3) is 2.34. The van der Waals surface area contributed by atoms with Crippen LogP contribution in [0.5, 0.6) is 0 Å². The summed E-state index contributed by atoms with van der Waals surface area (Å²) in [7, 11) is 0. The van der Waals surface area contributed by atoms with E-state index in [2.05, 4.69) is 22.1 Å². The maximum Gasteiger partial charge on any atom is 0.157 e. The molecule has 0 aliphatic carbocycles. The maximum absolute atomic E-state index is 5.49. The second-order valence-corrected chi connectivity index (χ2v) is 5.47. The van der Waals surface area contributed by atoms with Crippen LogP contribution in [-0.4, -0.2) is 33.2 Å². The maximum atomic E-state index is 5.49. The fourth-order valence-corrected chi connectivity index (χ4v) is 3.14. The third-order valence-corrected chi connectivity index (χ3v) is 4.31. The molecule has 1 aromatic rings. The van der Waals surface area contributed by atoms with Gasteiger partial charge in [-0.2, -0.15) is 16.9 Å². The van der Waals surface area contributed by atoms with Crippen LogP contribution in [0.25, 0.3) is 0 Å². The number of aromatic nitrogens is 3. The van der Waals surface area contributed by atoms with Crippen molar-refractivity contribution in [3.05, 3.63) is 11.6 Å². The van der Waals surface area contributed by atoms with Gasteiger partial charge in [0.05, 0.1) is 0 Å². The quantitative estimate of drug-likeness (QED) is 0.809. The molecule has 0 radical (unpaired) electrons. The first-order chi connectivity index (χ1) is 7.24. The van der Waals surface area contributed by atoms with E-state index >= 15 is 0 Å². The van der Waals surface area contributed by atoms with Crippen molar-refractivity contribution < 1.29 is 0 Å². The topological polar surface area (TPSA) is 67.6 Å². The molecule has 3 N–H and O–H groups in total. The summed E-state index contributed by atoms with van der Waals surface area (Å²) in [5.41, 5.74) is 5.65. The third-order valence-electron chi connectivity index (χ3n) is 2.89. The number of H-pyrrole nitrogens is 1. The van der Waals surface area contributed by atoms with Gasteiger partial charge in [0.25, 0.3) is 0 Å². The first-order valence-corrected chi connectivity index (χ1v) is 6.60. The number of nitrogens with one attached hydrogen (secondary N) is 1. The molecule has 0 aromatic carbocycles. The molecule has 1 aliphatic heterocycles. The number of thioether (sulfide) groups is 1. The van der Waals surface area contributed by atoms with E-state index in [-0.39, 0.29) is 5.41 Å². The van der Waals surface area contributed by atoms with Gasteiger partial charge in [-0.25, -0.2) is 4.98 Å². The highest BCUT2D eigenvalue weighted by Crippen LogP contribution is 2.35. The highest BCUT2D eigenvalue weighted by molar-refractivity contribution is 7.99. The van der Waals surface area contributed by atoms with Crippen LogP contribution in [0.15, 0.2) is 0 Å². The summed E-state index contributed by atoms with van der Waals surface area (Å²) in [5.74, 6) is 4.30. The van der Waals surface area contributed by atoms with Gasteiger partial charge in [-0.05, 0) is 25.1 Å². The molecule has 1 saturated heterocycles. The van der Waals surface area contributed by atoms with Gasteiger partial charge < -0.3 is 5.73 Å². The van der Waals surface area contributed by atoms with Gasteiger partial charge in [-0.3, -0.25) is 5.10 Å². The SMILES string of the molecule is CC1(c2n[nH]c(CCN)n2)CCCSC1. The van der Waals surface area contributed by atoms with E-state index in [1.807, 2.05) is 11.8 Å². The van der Waals surface area contributed by atoms with Gasteiger partial charge in [0.15, 0.2) is 5.82 Å². The van der Waals surface area contributed by atoms with Crippen LogP contribution in [0, 0.1) is 0 Å². The summed E-state index contributed by atoms with van der Waals surface area (Å²) in [6.07, 6.45) is 3.25. The van der Waals surface area contributed by atoms with Gasteiger partial charge in [-0.15, -0.1) is 0 Å². The predicted molar refractivity (Wildman–Crippen MR) is 63.1 cm³/mol. The molecule has 1 aliphatic rings. The molecular formula is C10H18N4S. The lowest BCUT2D eigenvalue weighted by molar-refractivity contribution is 0.446. The monoisotopic (exact) mass is 226 g/mol. The van der Waals surface area contributed by atoms with Crippen molar-refractivity contribution in [2.45, 2.75) is 31.6 Å². The van der Waals surface area contributed by atoms with Crippen molar-refractivity contribution >= 4 is 11.8 Å². The number of hydrogen-bond donors (Lipinski definition) is 2. The van der Waals surface area contributed by atoms with Gasteiger partial charge >= 0.3 is 0 Å². The van der Waals surface area contributed by atoms with Gasteiger partial charge in [0.2, 0.25) is 0 Å². The van der Waals surface area contributed by atoms with Crippen LogP contribution in [-0.2, 0) is 11.8 Å². The molecule has 1 fully saturated rings. The summed E-state index contributed by atoms with van der Waals surface area (Å²) in [4.78, 5) is 4.54. The molecule has 0 amide bonds. The van der Waals surface area contributed by atoms with Crippen molar-refractivity contribution in [1.82, 2.24) is 15.2 Å². The molecule has 15 heavy (non-hydrogen) atoms. The summed E-state index contributed by atoms with van der Waals surface area (Å²) in [6.45, 7) is 2.88. The fraction of sp³-hybridized carbons (Fsp3) is 0.800. The molecule has 4 nitrogen and oxygen atoms in total. The van der Waals surface area contributed by atoms with Gasteiger partial charge in [0.1, 0.15) is 5.82 Å². The summed E-state index contributed by atoms with van der Waals surface area (Å²) >= 11 is 2.00. The van der Waals surface area contributed by atoms with E-state index in [4.69, 9.17) is 5.73 Å². The Morgan fingerprint density at radius 1 is 1.60 bits per heavy atom. The molecule has 2 heterocycles. The molecule has 1 aromatic heterocycles. The van der Waals surface area contributed by atoms with Crippen LogP contribution < -0.4 is 5.73 Å². The average molecular weight is 226 g/mol. The summed E-state index contributed by atoms with van der Waals surface area (Å²) in [6, 6.07) is 0. The Hall–Kier alpha value is -0.550. The molecule has 1 atom stereocenters. The standard InChI is InChI=1S/C10H18N4S/c1-10(4-2-6-15-7-10)9-12-8(3-5-11)13-14-9/h2-7,11H2,1H3,(H,12,13,14). The molecule has 2 rings (SSSR count). The highest BCUT2D eigenvalue weighted by atomic mass is 32.2. The highest BCUT2D eigenvalue weighted by Gasteiger charge is 2.32. The molecular weight excluding hydrogens is 208 g/mol. The Morgan fingerprint density at radius 3 is 3.13 bits per heavy atom. The first-order valence-electron chi connectivity index (χ1n) is 5.44.